The van der Waals surface area contributed by atoms with Crippen molar-refractivity contribution in [1.29, 1.82) is 0 Å². The predicted octanol–water partition coefficient (Wildman–Crippen LogP) is 7.62. The first-order valence-electron chi connectivity index (χ1n) is 13.2. The molecule has 1 aliphatic heterocycles. The third kappa shape index (κ3) is 6.01. The van der Waals surface area contributed by atoms with Gasteiger partial charge in [-0.15, -0.1) is 0 Å². The lowest BCUT2D eigenvalue weighted by atomic mass is 9.72. The van der Waals surface area contributed by atoms with Crippen LogP contribution in [0.2, 0.25) is 0 Å². The van der Waals surface area contributed by atoms with E-state index in [0.717, 1.165) is 32.0 Å². The summed E-state index contributed by atoms with van der Waals surface area (Å²) in [6.45, 7) is 2.96. The molecule has 1 heterocycles. The van der Waals surface area contributed by atoms with Gasteiger partial charge in [0.25, 0.3) is 0 Å². The van der Waals surface area contributed by atoms with E-state index in [0.29, 0.717) is 18.7 Å². The first-order chi connectivity index (χ1) is 18.4. The maximum absolute atomic E-state index is 13.2. The molecule has 0 aliphatic carbocycles. The van der Waals surface area contributed by atoms with Crippen molar-refractivity contribution in [3.8, 4) is 0 Å². The molecular formula is C33H33F3N2. The molecular weight excluding hydrogens is 481 g/mol. The van der Waals surface area contributed by atoms with Crippen LogP contribution in [0.4, 0.5) is 13.2 Å². The molecule has 0 amide bonds. The Labute approximate surface area is 223 Å². The Balaban J connectivity index is 1.34. The van der Waals surface area contributed by atoms with Gasteiger partial charge in [-0.25, -0.2) is 0 Å². The molecule has 0 unspecified atom stereocenters. The number of nitrogens with one attached hydrogen (secondary N) is 1. The van der Waals surface area contributed by atoms with E-state index in [1.807, 2.05) is 6.07 Å². The zero-order valence-electron chi connectivity index (χ0n) is 21.4. The van der Waals surface area contributed by atoms with E-state index in [4.69, 9.17) is 0 Å². The number of hydrogen-bond acceptors (Lipinski definition) is 2. The van der Waals surface area contributed by atoms with Gasteiger partial charge in [0.15, 0.2) is 0 Å². The SMILES string of the molecule is FC(F)(F)c1cccc(CNCC2(c3ccccc3)CCN(C(c3ccccc3)c3ccccc3)CC2)c1. The fraction of sp³-hybridized carbons (Fsp3) is 0.273. The van der Waals surface area contributed by atoms with Crippen LogP contribution < -0.4 is 5.32 Å². The first-order valence-corrected chi connectivity index (χ1v) is 13.2. The quantitative estimate of drug-likeness (QED) is 0.260. The van der Waals surface area contributed by atoms with E-state index < -0.39 is 11.7 Å². The molecule has 0 radical (unpaired) electrons. The second-order valence-corrected chi connectivity index (χ2v) is 10.2. The van der Waals surface area contributed by atoms with E-state index >= 15 is 0 Å². The van der Waals surface area contributed by atoms with Crippen LogP contribution in [0.15, 0.2) is 115 Å². The van der Waals surface area contributed by atoms with Gasteiger partial charge < -0.3 is 5.32 Å². The van der Waals surface area contributed by atoms with Crippen molar-refractivity contribution in [2.45, 2.75) is 37.0 Å². The molecule has 4 aromatic rings. The van der Waals surface area contributed by atoms with Gasteiger partial charge >= 0.3 is 6.18 Å². The number of alkyl halides is 3. The first kappa shape index (κ1) is 26.2. The van der Waals surface area contributed by atoms with Crippen LogP contribution in [0.1, 0.15) is 46.7 Å². The average molecular weight is 515 g/mol. The Kier molecular flexibility index (Phi) is 7.96. The van der Waals surface area contributed by atoms with Crippen LogP contribution >= 0.6 is 0 Å². The van der Waals surface area contributed by atoms with Crippen LogP contribution in [0.25, 0.3) is 0 Å². The smallest absolute Gasteiger partial charge is 0.312 e. The van der Waals surface area contributed by atoms with Gasteiger partial charge in [-0.3, -0.25) is 4.90 Å². The standard InChI is InChI=1S/C33H33F3N2/c34-33(35,36)30-18-10-11-26(23-30)24-37-25-32(29-16-8-3-9-17-29)19-21-38(22-20-32)31(27-12-4-1-5-13-27)28-14-6-2-7-15-28/h1-18,23,31,37H,19-22,24-25H2. The molecule has 0 bridgehead atoms. The number of hydrogen-bond donors (Lipinski definition) is 1. The highest BCUT2D eigenvalue weighted by atomic mass is 19.4. The summed E-state index contributed by atoms with van der Waals surface area (Å²) in [4.78, 5) is 2.57. The molecule has 1 N–H and O–H groups in total. The van der Waals surface area contributed by atoms with Gasteiger partial charge in [0.2, 0.25) is 0 Å². The Bertz CT molecular complexity index is 1240. The van der Waals surface area contributed by atoms with Gasteiger partial charge in [-0.05, 0) is 54.3 Å². The lowest BCUT2D eigenvalue weighted by molar-refractivity contribution is -0.137. The largest absolute Gasteiger partial charge is 0.416 e. The second kappa shape index (κ2) is 11.5. The van der Waals surface area contributed by atoms with Crippen LogP contribution in [-0.2, 0) is 18.1 Å². The molecule has 196 valence electrons. The molecule has 5 heteroatoms. The minimum atomic E-state index is -4.33. The molecule has 1 fully saturated rings. The topological polar surface area (TPSA) is 15.3 Å². The van der Waals surface area contributed by atoms with Crippen LogP contribution in [0.5, 0.6) is 0 Å². The number of halogens is 3. The molecule has 1 saturated heterocycles. The molecule has 0 aromatic heterocycles. The van der Waals surface area contributed by atoms with E-state index in [1.54, 1.807) is 6.07 Å². The summed E-state index contributed by atoms with van der Waals surface area (Å²) < 4.78 is 39.6. The van der Waals surface area contributed by atoms with Crippen molar-refractivity contribution in [3.63, 3.8) is 0 Å². The van der Waals surface area contributed by atoms with Crippen molar-refractivity contribution >= 4 is 0 Å². The van der Waals surface area contributed by atoms with E-state index in [2.05, 4.69) is 95.1 Å². The lowest BCUT2D eigenvalue weighted by Gasteiger charge is -2.45. The minimum Gasteiger partial charge on any atom is -0.312 e. The van der Waals surface area contributed by atoms with Gasteiger partial charge in [-0.1, -0.05) is 109 Å². The molecule has 0 atom stereocenters. The normalized spacial score (nSPS) is 16.0. The molecule has 1 aliphatic rings. The molecule has 4 aromatic carbocycles. The number of rotatable bonds is 8. The third-order valence-corrected chi connectivity index (χ3v) is 7.78. The van der Waals surface area contributed by atoms with Gasteiger partial charge in [0, 0.05) is 18.5 Å². The van der Waals surface area contributed by atoms with Crippen molar-refractivity contribution in [3.05, 3.63) is 143 Å². The number of likely N-dealkylation sites (tertiary alicyclic amines) is 1. The summed E-state index contributed by atoms with van der Waals surface area (Å²) in [6, 6.07) is 37.7. The number of benzene rings is 4. The van der Waals surface area contributed by atoms with Crippen LogP contribution in [-0.4, -0.2) is 24.5 Å². The zero-order valence-corrected chi connectivity index (χ0v) is 21.4. The van der Waals surface area contributed by atoms with Crippen molar-refractivity contribution < 1.29 is 13.2 Å². The van der Waals surface area contributed by atoms with Crippen molar-refractivity contribution in [2.24, 2.45) is 0 Å². The zero-order chi connectivity index (χ0) is 26.4. The van der Waals surface area contributed by atoms with Crippen LogP contribution in [0, 0.1) is 0 Å². The van der Waals surface area contributed by atoms with Crippen molar-refractivity contribution in [1.82, 2.24) is 10.2 Å². The molecule has 0 spiro atoms. The minimum absolute atomic E-state index is 0.0860. The summed E-state index contributed by atoms with van der Waals surface area (Å²) in [7, 11) is 0. The molecule has 5 rings (SSSR count). The maximum atomic E-state index is 13.2. The van der Waals surface area contributed by atoms with E-state index in [1.165, 1.54) is 28.8 Å². The fourth-order valence-corrected chi connectivity index (χ4v) is 5.76. The summed E-state index contributed by atoms with van der Waals surface area (Å²) in [5, 5.41) is 3.51. The summed E-state index contributed by atoms with van der Waals surface area (Å²) in [6.07, 6.45) is -2.41. The monoisotopic (exact) mass is 514 g/mol. The maximum Gasteiger partial charge on any atom is 0.416 e. The highest BCUT2D eigenvalue weighted by Gasteiger charge is 2.38. The predicted molar refractivity (Wildman–Crippen MR) is 147 cm³/mol. The highest BCUT2D eigenvalue weighted by Crippen LogP contribution is 2.39. The van der Waals surface area contributed by atoms with E-state index in [9.17, 15) is 13.2 Å². The fourth-order valence-electron chi connectivity index (χ4n) is 5.76. The Morgan fingerprint density at radius 2 is 1.26 bits per heavy atom. The Morgan fingerprint density at radius 3 is 1.82 bits per heavy atom. The van der Waals surface area contributed by atoms with Crippen LogP contribution in [0.3, 0.4) is 0 Å². The Hall–Kier alpha value is -3.41. The molecule has 38 heavy (non-hydrogen) atoms. The number of nitrogens with zero attached hydrogens (tertiary/aromatic N) is 1. The lowest BCUT2D eigenvalue weighted by Crippen LogP contribution is -2.48. The third-order valence-electron chi connectivity index (χ3n) is 7.78. The average Bonchev–Trinajstić information content (AvgIpc) is 2.95. The second-order valence-electron chi connectivity index (χ2n) is 10.2. The number of piperidine rings is 1. The molecule has 0 saturated carbocycles. The summed E-state index contributed by atoms with van der Waals surface area (Å²) in [5.74, 6) is 0. The highest BCUT2D eigenvalue weighted by molar-refractivity contribution is 5.33. The van der Waals surface area contributed by atoms with Gasteiger partial charge in [0.05, 0.1) is 11.6 Å². The van der Waals surface area contributed by atoms with E-state index in [-0.39, 0.29) is 11.5 Å². The van der Waals surface area contributed by atoms with Gasteiger partial charge in [0.1, 0.15) is 0 Å². The Morgan fingerprint density at radius 1 is 0.711 bits per heavy atom. The van der Waals surface area contributed by atoms with Gasteiger partial charge in [-0.2, -0.15) is 13.2 Å². The summed E-state index contributed by atoms with van der Waals surface area (Å²) in [5.41, 5.74) is 3.82. The molecule has 2 nitrogen and oxygen atoms in total. The van der Waals surface area contributed by atoms with Crippen molar-refractivity contribution in [2.75, 3.05) is 19.6 Å². The summed E-state index contributed by atoms with van der Waals surface area (Å²) >= 11 is 0.